The SMILES string of the molecule is CC1CC(NCCN2CCCCC2)CN1C. The van der Waals surface area contributed by atoms with Gasteiger partial charge in [-0.1, -0.05) is 6.42 Å². The third-order valence-corrected chi connectivity index (χ3v) is 4.20. The number of likely N-dealkylation sites (N-methyl/N-ethyl adjacent to an activating group) is 1. The van der Waals surface area contributed by atoms with Crippen molar-refractivity contribution in [3.05, 3.63) is 0 Å². The summed E-state index contributed by atoms with van der Waals surface area (Å²) in [5.74, 6) is 0. The highest BCUT2D eigenvalue weighted by molar-refractivity contribution is 4.85. The Morgan fingerprint density at radius 2 is 1.94 bits per heavy atom. The van der Waals surface area contributed by atoms with Crippen LogP contribution in [0.1, 0.15) is 32.6 Å². The van der Waals surface area contributed by atoms with Gasteiger partial charge in [0.2, 0.25) is 0 Å². The maximum Gasteiger partial charge on any atom is 0.0210 e. The van der Waals surface area contributed by atoms with Crippen LogP contribution >= 0.6 is 0 Å². The van der Waals surface area contributed by atoms with Crippen molar-refractivity contribution < 1.29 is 0 Å². The molecule has 2 saturated heterocycles. The van der Waals surface area contributed by atoms with Gasteiger partial charge in [0, 0.05) is 31.7 Å². The van der Waals surface area contributed by atoms with Crippen molar-refractivity contribution >= 4 is 0 Å². The zero-order valence-corrected chi connectivity index (χ0v) is 10.9. The van der Waals surface area contributed by atoms with Gasteiger partial charge in [0.05, 0.1) is 0 Å². The van der Waals surface area contributed by atoms with Gasteiger partial charge < -0.3 is 15.1 Å². The Morgan fingerprint density at radius 3 is 2.56 bits per heavy atom. The fraction of sp³-hybridized carbons (Fsp3) is 1.00. The summed E-state index contributed by atoms with van der Waals surface area (Å²) >= 11 is 0. The number of nitrogens with zero attached hydrogens (tertiary/aromatic N) is 2. The van der Waals surface area contributed by atoms with Gasteiger partial charge in [0.1, 0.15) is 0 Å². The van der Waals surface area contributed by atoms with E-state index in [0.29, 0.717) is 0 Å². The molecule has 2 atom stereocenters. The van der Waals surface area contributed by atoms with Crippen molar-refractivity contribution in [2.45, 2.75) is 44.7 Å². The summed E-state index contributed by atoms with van der Waals surface area (Å²) in [7, 11) is 2.23. The number of likely N-dealkylation sites (tertiary alicyclic amines) is 2. The van der Waals surface area contributed by atoms with Crippen LogP contribution in [0.5, 0.6) is 0 Å². The number of hydrogen-bond acceptors (Lipinski definition) is 3. The first-order valence-electron chi connectivity index (χ1n) is 6.91. The molecular formula is C13H27N3. The Hall–Kier alpha value is -0.120. The van der Waals surface area contributed by atoms with E-state index in [4.69, 9.17) is 0 Å². The van der Waals surface area contributed by atoms with Crippen LogP contribution in [0, 0.1) is 0 Å². The monoisotopic (exact) mass is 225 g/mol. The molecule has 2 rings (SSSR count). The second kappa shape index (κ2) is 5.99. The number of nitrogens with one attached hydrogen (secondary N) is 1. The Kier molecular flexibility index (Phi) is 4.62. The molecule has 3 heteroatoms. The smallest absolute Gasteiger partial charge is 0.0210 e. The lowest BCUT2D eigenvalue weighted by Gasteiger charge is -2.27. The minimum absolute atomic E-state index is 0.727. The number of piperidine rings is 1. The molecule has 3 nitrogen and oxygen atoms in total. The van der Waals surface area contributed by atoms with Crippen molar-refractivity contribution in [2.75, 3.05) is 39.8 Å². The number of hydrogen-bond donors (Lipinski definition) is 1. The molecule has 94 valence electrons. The van der Waals surface area contributed by atoms with Crippen molar-refractivity contribution in [3.8, 4) is 0 Å². The predicted molar refractivity (Wildman–Crippen MR) is 68.8 cm³/mol. The second-order valence-electron chi connectivity index (χ2n) is 5.58. The van der Waals surface area contributed by atoms with Gasteiger partial charge >= 0.3 is 0 Å². The lowest BCUT2D eigenvalue weighted by molar-refractivity contribution is 0.226. The molecule has 1 N–H and O–H groups in total. The molecule has 0 aromatic heterocycles. The van der Waals surface area contributed by atoms with E-state index in [1.807, 2.05) is 0 Å². The molecule has 2 fully saturated rings. The standard InChI is InChI=1S/C13H27N3/c1-12-10-13(11-15(12)2)14-6-9-16-7-4-3-5-8-16/h12-14H,3-11H2,1-2H3. The van der Waals surface area contributed by atoms with Gasteiger partial charge in [-0.2, -0.15) is 0 Å². The van der Waals surface area contributed by atoms with Crippen LogP contribution in [0.3, 0.4) is 0 Å². The summed E-state index contributed by atoms with van der Waals surface area (Å²) in [6.45, 7) is 8.61. The first kappa shape index (κ1) is 12.3. The molecular weight excluding hydrogens is 198 g/mol. The van der Waals surface area contributed by atoms with E-state index in [2.05, 4.69) is 29.1 Å². The minimum Gasteiger partial charge on any atom is -0.311 e. The van der Waals surface area contributed by atoms with Gasteiger partial charge in [-0.25, -0.2) is 0 Å². The first-order chi connectivity index (χ1) is 7.75. The fourth-order valence-electron chi connectivity index (χ4n) is 2.95. The molecule has 0 aromatic carbocycles. The summed E-state index contributed by atoms with van der Waals surface area (Å²) in [4.78, 5) is 5.07. The van der Waals surface area contributed by atoms with Crippen LogP contribution in [0.4, 0.5) is 0 Å². The third-order valence-electron chi connectivity index (χ3n) is 4.20. The summed E-state index contributed by atoms with van der Waals surface area (Å²) in [5, 5.41) is 3.71. The molecule has 0 aromatic rings. The summed E-state index contributed by atoms with van der Waals surface area (Å²) < 4.78 is 0. The Labute approximate surface area is 100 Å². The van der Waals surface area contributed by atoms with E-state index in [-0.39, 0.29) is 0 Å². The molecule has 2 unspecified atom stereocenters. The van der Waals surface area contributed by atoms with Crippen molar-refractivity contribution in [3.63, 3.8) is 0 Å². The van der Waals surface area contributed by atoms with E-state index in [1.165, 1.54) is 58.4 Å². The highest BCUT2D eigenvalue weighted by Crippen LogP contribution is 2.14. The molecule has 16 heavy (non-hydrogen) atoms. The van der Waals surface area contributed by atoms with Crippen molar-refractivity contribution in [2.24, 2.45) is 0 Å². The fourth-order valence-corrected chi connectivity index (χ4v) is 2.95. The number of rotatable bonds is 4. The first-order valence-corrected chi connectivity index (χ1v) is 6.91. The lowest BCUT2D eigenvalue weighted by Crippen LogP contribution is -2.40. The van der Waals surface area contributed by atoms with E-state index < -0.39 is 0 Å². The molecule has 0 amide bonds. The highest BCUT2D eigenvalue weighted by atomic mass is 15.2. The van der Waals surface area contributed by atoms with Crippen LogP contribution in [-0.4, -0.2) is 61.7 Å². The third kappa shape index (κ3) is 3.44. The van der Waals surface area contributed by atoms with Gasteiger partial charge in [0.25, 0.3) is 0 Å². The predicted octanol–water partition coefficient (Wildman–Crippen LogP) is 1.15. The van der Waals surface area contributed by atoms with Gasteiger partial charge in [-0.05, 0) is 46.3 Å². The van der Waals surface area contributed by atoms with Crippen LogP contribution in [-0.2, 0) is 0 Å². The molecule has 2 aliphatic rings. The molecule has 0 radical (unpaired) electrons. The Morgan fingerprint density at radius 1 is 1.19 bits per heavy atom. The summed E-state index contributed by atoms with van der Waals surface area (Å²) in [5.41, 5.74) is 0. The van der Waals surface area contributed by atoms with Gasteiger partial charge in [-0.3, -0.25) is 0 Å². The molecule has 0 aliphatic carbocycles. The zero-order chi connectivity index (χ0) is 11.4. The van der Waals surface area contributed by atoms with Crippen LogP contribution in [0.15, 0.2) is 0 Å². The van der Waals surface area contributed by atoms with E-state index in [0.717, 1.165) is 12.1 Å². The molecule has 0 spiro atoms. The average molecular weight is 225 g/mol. The normalized spacial score (nSPS) is 33.4. The molecule has 0 bridgehead atoms. The highest BCUT2D eigenvalue weighted by Gasteiger charge is 2.25. The zero-order valence-electron chi connectivity index (χ0n) is 10.9. The quantitative estimate of drug-likeness (QED) is 0.774. The van der Waals surface area contributed by atoms with Crippen molar-refractivity contribution in [1.29, 1.82) is 0 Å². The van der Waals surface area contributed by atoms with Crippen molar-refractivity contribution in [1.82, 2.24) is 15.1 Å². The van der Waals surface area contributed by atoms with Crippen LogP contribution in [0.25, 0.3) is 0 Å². The topological polar surface area (TPSA) is 18.5 Å². The summed E-state index contributed by atoms with van der Waals surface area (Å²) in [6.07, 6.45) is 5.57. The van der Waals surface area contributed by atoms with Gasteiger partial charge in [0.15, 0.2) is 0 Å². The molecule has 2 aliphatic heterocycles. The largest absolute Gasteiger partial charge is 0.311 e. The maximum atomic E-state index is 3.71. The lowest BCUT2D eigenvalue weighted by atomic mass is 10.1. The average Bonchev–Trinajstić information content (AvgIpc) is 2.60. The van der Waals surface area contributed by atoms with E-state index in [9.17, 15) is 0 Å². The molecule has 2 heterocycles. The second-order valence-corrected chi connectivity index (χ2v) is 5.58. The minimum atomic E-state index is 0.727. The summed E-state index contributed by atoms with van der Waals surface area (Å²) in [6, 6.07) is 1.48. The van der Waals surface area contributed by atoms with E-state index >= 15 is 0 Å². The Balaban J connectivity index is 1.57. The Bertz CT molecular complexity index is 191. The molecule has 0 saturated carbocycles. The maximum absolute atomic E-state index is 3.71. The van der Waals surface area contributed by atoms with Gasteiger partial charge in [-0.15, -0.1) is 0 Å². The van der Waals surface area contributed by atoms with E-state index in [1.54, 1.807) is 0 Å². The van der Waals surface area contributed by atoms with Crippen LogP contribution in [0.2, 0.25) is 0 Å². The van der Waals surface area contributed by atoms with Crippen LogP contribution < -0.4 is 5.32 Å².